The Bertz CT molecular complexity index is 743. The summed E-state index contributed by atoms with van der Waals surface area (Å²) in [6.45, 7) is 4.48. The van der Waals surface area contributed by atoms with Gasteiger partial charge in [-0.25, -0.2) is 4.79 Å². The van der Waals surface area contributed by atoms with Crippen molar-refractivity contribution in [3.05, 3.63) is 46.1 Å². The number of carbonyl (C=O) groups is 2. The van der Waals surface area contributed by atoms with Gasteiger partial charge in [-0.2, -0.15) is 4.98 Å². The summed E-state index contributed by atoms with van der Waals surface area (Å²) in [5, 5.41) is 6.93. The zero-order chi connectivity index (χ0) is 17.7. The molecule has 2 rings (SSSR count). The number of hydrogen-bond donors (Lipinski definition) is 1. The lowest BCUT2D eigenvalue weighted by Crippen LogP contribution is -2.27. The maximum atomic E-state index is 11.9. The summed E-state index contributed by atoms with van der Waals surface area (Å²) in [4.78, 5) is 27.5. The molecule has 24 heavy (non-hydrogen) atoms. The molecule has 1 N–H and O–H groups in total. The Labute approximate surface area is 144 Å². The van der Waals surface area contributed by atoms with Crippen molar-refractivity contribution in [2.45, 2.75) is 20.3 Å². The molecule has 0 aliphatic heterocycles. The van der Waals surface area contributed by atoms with Crippen molar-refractivity contribution in [3.8, 4) is 0 Å². The third kappa shape index (κ3) is 4.55. The minimum Gasteiger partial charge on any atom is -0.465 e. The molecule has 1 aromatic carbocycles. The molecule has 1 heterocycles. The summed E-state index contributed by atoms with van der Waals surface area (Å²) >= 11 is 6.13. The Morgan fingerprint density at radius 3 is 2.79 bits per heavy atom. The fourth-order valence-corrected chi connectivity index (χ4v) is 2.10. The van der Waals surface area contributed by atoms with E-state index in [1.807, 2.05) is 13.8 Å². The maximum Gasteiger partial charge on any atom is 0.337 e. The average Bonchev–Trinajstić information content (AvgIpc) is 3.02. The van der Waals surface area contributed by atoms with E-state index in [0.717, 1.165) is 0 Å². The second kappa shape index (κ2) is 7.92. The highest BCUT2D eigenvalue weighted by atomic mass is 35.5. The van der Waals surface area contributed by atoms with Crippen molar-refractivity contribution in [2.75, 3.05) is 13.7 Å². The number of nitrogens with zero attached hydrogens (tertiary/aromatic N) is 2. The van der Waals surface area contributed by atoms with E-state index in [2.05, 4.69) is 20.2 Å². The molecule has 0 unspecified atom stereocenters. The number of rotatable bonds is 6. The van der Waals surface area contributed by atoms with E-state index in [0.29, 0.717) is 34.4 Å². The van der Waals surface area contributed by atoms with Gasteiger partial charge in [-0.05, 0) is 29.7 Å². The van der Waals surface area contributed by atoms with Crippen molar-refractivity contribution in [1.29, 1.82) is 0 Å². The average molecular weight is 352 g/mol. The standard InChI is InChI=1S/C16H18ClN3O4/c1-9(2)8-18-14(21)15-19-13(20-24-15)7-11-6-10(16(22)23-3)4-5-12(11)17/h4-6,9H,7-8H2,1-3H3,(H,18,21). The summed E-state index contributed by atoms with van der Waals surface area (Å²) < 4.78 is 9.64. The molecule has 0 saturated carbocycles. The van der Waals surface area contributed by atoms with Crippen molar-refractivity contribution < 1.29 is 18.8 Å². The predicted molar refractivity (Wildman–Crippen MR) is 87.1 cm³/mol. The van der Waals surface area contributed by atoms with Gasteiger partial charge in [0.25, 0.3) is 0 Å². The molecule has 0 spiro atoms. The molecule has 0 bridgehead atoms. The fourth-order valence-electron chi connectivity index (χ4n) is 1.92. The molecule has 0 aliphatic carbocycles. The molecule has 7 nitrogen and oxygen atoms in total. The van der Waals surface area contributed by atoms with E-state index in [1.165, 1.54) is 7.11 Å². The minimum absolute atomic E-state index is 0.106. The van der Waals surface area contributed by atoms with Gasteiger partial charge >= 0.3 is 17.8 Å². The van der Waals surface area contributed by atoms with Gasteiger partial charge < -0.3 is 14.6 Å². The number of carbonyl (C=O) groups excluding carboxylic acids is 2. The van der Waals surface area contributed by atoms with Gasteiger partial charge in [-0.15, -0.1) is 0 Å². The van der Waals surface area contributed by atoms with Crippen LogP contribution in [0.5, 0.6) is 0 Å². The first-order chi connectivity index (χ1) is 11.4. The topological polar surface area (TPSA) is 94.3 Å². The summed E-state index contributed by atoms with van der Waals surface area (Å²) in [5.41, 5.74) is 1.00. The van der Waals surface area contributed by atoms with E-state index in [1.54, 1.807) is 18.2 Å². The van der Waals surface area contributed by atoms with Gasteiger partial charge in [-0.3, -0.25) is 4.79 Å². The maximum absolute atomic E-state index is 11.9. The SMILES string of the molecule is COC(=O)c1ccc(Cl)c(Cc2noc(C(=O)NCC(C)C)n2)c1. The first-order valence-electron chi connectivity index (χ1n) is 7.38. The lowest BCUT2D eigenvalue weighted by atomic mass is 10.1. The highest BCUT2D eigenvalue weighted by molar-refractivity contribution is 6.31. The van der Waals surface area contributed by atoms with Crippen molar-refractivity contribution in [1.82, 2.24) is 15.5 Å². The summed E-state index contributed by atoms with van der Waals surface area (Å²) in [6.07, 6.45) is 0.227. The fraction of sp³-hybridized carbons (Fsp3) is 0.375. The van der Waals surface area contributed by atoms with E-state index >= 15 is 0 Å². The predicted octanol–water partition coefficient (Wildman–Crippen LogP) is 2.49. The Kier molecular flexibility index (Phi) is 5.92. The highest BCUT2D eigenvalue weighted by Gasteiger charge is 2.17. The Balaban J connectivity index is 2.12. The van der Waals surface area contributed by atoms with Crippen molar-refractivity contribution in [3.63, 3.8) is 0 Å². The summed E-state index contributed by atoms with van der Waals surface area (Å²) in [5.74, 6) is -0.373. The number of halogens is 1. The molecule has 0 atom stereocenters. The summed E-state index contributed by atoms with van der Waals surface area (Å²) in [6, 6.07) is 4.77. The molecule has 0 saturated heterocycles. The van der Waals surface area contributed by atoms with E-state index in [-0.39, 0.29) is 12.3 Å². The number of benzene rings is 1. The molecule has 0 radical (unpaired) electrons. The Hall–Kier alpha value is -2.41. The normalized spacial score (nSPS) is 10.7. The van der Waals surface area contributed by atoms with Gasteiger partial charge in [0.2, 0.25) is 0 Å². The number of esters is 1. The number of methoxy groups -OCH3 is 1. The van der Waals surface area contributed by atoms with E-state index in [4.69, 9.17) is 16.1 Å². The van der Waals surface area contributed by atoms with E-state index < -0.39 is 11.9 Å². The van der Waals surface area contributed by atoms with Crippen molar-refractivity contribution >= 4 is 23.5 Å². The van der Waals surface area contributed by atoms with Gasteiger partial charge in [-0.1, -0.05) is 30.6 Å². The van der Waals surface area contributed by atoms with Gasteiger partial charge in [0.15, 0.2) is 5.82 Å². The van der Waals surface area contributed by atoms with Crippen LogP contribution in [0, 0.1) is 5.92 Å². The number of hydrogen-bond acceptors (Lipinski definition) is 6. The Morgan fingerprint density at radius 2 is 2.12 bits per heavy atom. The van der Waals surface area contributed by atoms with Gasteiger partial charge in [0, 0.05) is 18.0 Å². The molecule has 128 valence electrons. The molecule has 1 aromatic heterocycles. The number of nitrogens with one attached hydrogen (secondary N) is 1. The molecule has 0 fully saturated rings. The molecular weight excluding hydrogens is 334 g/mol. The molecule has 2 aromatic rings. The van der Waals surface area contributed by atoms with Gasteiger partial charge in [0.1, 0.15) is 0 Å². The molecule has 0 aliphatic rings. The van der Waals surface area contributed by atoms with Crippen LogP contribution in [0.15, 0.2) is 22.7 Å². The smallest absolute Gasteiger partial charge is 0.337 e. The minimum atomic E-state index is -0.463. The third-order valence-corrected chi connectivity index (χ3v) is 3.52. The number of aromatic nitrogens is 2. The largest absolute Gasteiger partial charge is 0.465 e. The molecule has 1 amide bonds. The van der Waals surface area contributed by atoms with Crippen LogP contribution in [0.1, 0.15) is 46.3 Å². The van der Waals surface area contributed by atoms with Crippen LogP contribution in [0.4, 0.5) is 0 Å². The van der Waals surface area contributed by atoms with Crippen LogP contribution in [0.25, 0.3) is 0 Å². The quantitative estimate of drug-likeness (QED) is 0.803. The second-order valence-corrected chi connectivity index (χ2v) is 6.00. The zero-order valence-corrected chi connectivity index (χ0v) is 14.4. The molecular formula is C16H18ClN3O4. The zero-order valence-electron chi connectivity index (χ0n) is 13.6. The van der Waals surface area contributed by atoms with Crippen LogP contribution >= 0.6 is 11.6 Å². The second-order valence-electron chi connectivity index (χ2n) is 5.59. The van der Waals surface area contributed by atoms with Crippen LogP contribution < -0.4 is 5.32 Å². The lowest BCUT2D eigenvalue weighted by molar-refractivity contribution is 0.0600. The third-order valence-electron chi connectivity index (χ3n) is 3.15. The first-order valence-corrected chi connectivity index (χ1v) is 7.76. The number of amides is 1. The van der Waals surface area contributed by atoms with Crippen LogP contribution in [-0.4, -0.2) is 35.7 Å². The lowest BCUT2D eigenvalue weighted by Gasteiger charge is -2.05. The Morgan fingerprint density at radius 1 is 1.38 bits per heavy atom. The van der Waals surface area contributed by atoms with Gasteiger partial charge in [0.05, 0.1) is 12.7 Å². The molecule has 8 heteroatoms. The van der Waals surface area contributed by atoms with Crippen molar-refractivity contribution in [2.24, 2.45) is 5.92 Å². The highest BCUT2D eigenvalue weighted by Crippen LogP contribution is 2.20. The number of ether oxygens (including phenoxy) is 1. The monoisotopic (exact) mass is 351 g/mol. The summed E-state index contributed by atoms with van der Waals surface area (Å²) in [7, 11) is 1.30. The van der Waals surface area contributed by atoms with E-state index in [9.17, 15) is 9.59 Å². The van der Waals surface area contributed by atoms with Crippen LogP contribution in [0.2, 0.25) is 5.02 Å². The first kappa shape index (κ1) is 17.9. The van der Waals surface area contributed by atoms with Crippen LogP contribution in [0.3, 0.4) is 0 Å². The van der Waals surface area contributed by atoms with Crippen LogP contribution in [-0.2, 0) is 11.2 Å².